The summed E-state index contributed by atoms with van der Waals surface area (Å²) in [5.74, 6) is -0.764. The van der Waals surface area contributed by atoms with Crippen molar-refractivity contribution in [2.45, 2.75) is 51.5 Å². The van der Waals surface area contributed by atoms with Crippen molar-refractivity contribution in [2.24, 2.45) is 5.92 Å². The van der Waals surface area contributed by atoms with Gasteiger partial charge in [0.2, 0.25) is 17.6 Å². The summed E-state index contributed by atoms with van der Waals surface area (Å²) in [4.78, 5) is 49.1. The molecular formula is C26H29ClN6O4. The number of carbonyl (C=O) groups excluding carboxylic acids is 3. The Balaban J connectivity index is 1.39. The topological polar surface area (TPSA) is 129 Å². The Morgan fingerprint density at radius 1 is 0.973 bits per heavy atom. The van der Waals surface area contributed by atoms with Gasteiger partial charge in [-0.3, -0.25) is 14.4 Å². The number of hydrogen-bond acceptors (Lipinski definition) is 7. The maximum atomic E-state index is 13.3. The Bertz CT molecular complexity index is 1310. The minimum absolute atomic E-state index is 0.0988. The van der Waals surface area contributed by atoms with E-state index in [9.17, 15) is 14.4 Å². The summed E-state index contributed by atoms with van der Waals surface area (Å²) in [6.07, 6.45) is 7.43. The molecule has 0 bridgehead atoms. The number of rotatable bonds is 6. The lowest BCUT2D eigenvalue weighted by atomic mass is 9.85. The van der Waals surface area contributed by atoms with Crippen molar-refractivity contribution < 1.29 is 18.8 Å². The van der Waals surface area contributed by atoms with Crippen LogP contribution in [0.3, 0.4) is 0 Å². The van der Waals surface area contributed by atoms with Crippen molar-refractivity contribution >= 4 is 57.7 Å². The van der Waals surface area contributed by atoms with Crippen LogP contribution in [0.4, 0.5) is 17.3 Å². The van der Waals surface area contributed by atoms with Gasteiger partial charge in [0.25, 0.3) is 5.91 Å². The molecule has 0 unspecified atom stereocenters. The van der Waals surface area contributed by atoms with Crippen LogP contribution in [0.15, 0.2) is 34.9 Å². The van der Waals surface area contributed by atoms with Gasteiger partial charge in [0.05, 0.1) is 5.02 Å². The minimum atomic E-state index is -0.595. The van der Waals surface area contributed by atoms with Crippen LogP contribution in [0.1, 0.15) is 56.0 Å². The van der Waals surface area contributed by atoms with Crippen LogP contribution in [-0.2, 0) is 9.59 Å². The van der Waals surface area contributed by atoms with Crippen LogP contribution in [0.2, 0.25) is 5.02 Å². The van der Waals surface area contributed by atoms with Crippen molar-refractivity contribution in [1.82, 2.24) is 14.9 Å². The van der Waals surface area contributed by atoms with E-state index in [1.807, 2.05) is 0 Å². The third kappa shape index (κ3) is 5.75. The van der Waals surface area contributed by atoms with E-state index in [2.05, 4.69) is 30.8 Å². The van der Waals surface area contributed by atoms with Gasteiger partial charge < -0.3 is 25.3 Å². The third-order valence-corrected chi connectivity index (χ3v) is 7.21. The van der Waals surface area contributed by atoms with Crippen LogP contribution in [0, 0.1) is 5.92 Å². The lowest BCUT2D eigenvalue weighted by Crippen LogP contribution is -2.38. The lowest BCUT2D eigenvalue weighted by Gasteiger charge is -2.33. The van der Waals surface area contributed by atoms with E-state index in [0.29, 0.717) is 16.6 Å². The summed E-state index contributed by atoms with van der Waals surface area (Å²) < 4.78 is 5.83. The van der Waals surface area contributed by atoms with E-state index in [0.717, 1.165) is 38.8 Å². The molecule has 3 N–H and O–H groups in total. The van der Waals surface area contributed by atoms with E-state index >= 15 is 0 Å². The van der Waals surface area contributed by atoms with Gasteiger partial charge in [-0.05, 0) is 75.9 Å². The molecule has 1 saturated heterocycles. The monoisotopic (exact) mass is 524 g/mol. The van der Waals surface area contributed by atoms with Crippen molar-refractivity contribution in [3.63, 3.8) is 0 Å². The number of furan rings is 1. The van der Waals surface area contributed by atoms with Crippen molar-refractivity contribution in [1.29, 1.82) is 0 Å². The number of hydrogen-bond donors (Lipinski definition) is 3. The van der Waals surface area contributed by atoms with Gasteiger partial charge in [-0.1, -0.05) is 11.6 Å². The van der Waals surface area contributed by atoms with Gasteiger partial charge in [0.15, 0.2) is 5.58 Å². The number of pyridine rings is 2. The van der Waals surface area contributed by atoms with Crippen molar-refractivity contribution in [2.75, 3.05) is 29.0 Å². The molecule has 37 heavy (non-hydrogen) atoms. The Morgan fingerprint density at radius 3 is 2.38 bits per heavy atom. The molecule has 0 atom stereocenters. The molecular weight excluding hydrogens is 496 g/mol. The molecule has 1 saturated carbocycles. The summed E-state index contributed by atoms with van der Waals surface area (Å²) in [6.45, 7) is 3.66. The minimum Gasteiger partial charge on any atom is -0.447 e. The highest BCUT2D eigenvalue weighted by atomic mass is 35.5. The first-order valence-electron chi connectivity index (χ1n) is 12.6. The number of carbonyl (C=O) groups is 3. The number of amides is 3. The first-order chi connectivity index (χ1) is 17.9. The van der Waals surface area contributed by atoms with Gasteiger partial charge in [-0.25, -0.2) is 9.97 Å². The number of nitrogens with zero attached hydrogens (tertiary/aromatic N) is 3. The normalized spacial score (nSPS) is 20.1. The van der Waals surface area contributed by atoms with Crippen molar-refractivity contribution in [3.8, 4) is 0 Å². The third-order valence-electron chi connectivity index (χ3n) is 6.99. The summed E-state index contributed by atoms with van der Waals surface area (Å²) in [5, 5.41) is 8.64. The van der Waals surface area contributed by atoms with Crippen LogP contribution in [0.25, 0.3) is 11.1 Å². The molecule has 0 aromatic carbocycles. The average molecular weight is 525 g/mol. The zero-order chi connectivity index (χ0) is 25.9. The zero-order valence-corrected chi connectivity index (χ0v) is 21.3. The largest absolute Gasteiger partial charge is 0.447 e. The highest BCUT2D eigenvalue weighted by molar-refractivity contribution is 6.30. The number of fused-ring (bicyclic) bond motifs is 1. The fourth-order valence-electron chi connectivity index (χ4n) is 5.16. The Hall–Kier alpha value is -3.50. The molecule has 4 heterocycles. The second-order valence-electron chi connectivity index (χ2n) is 9.58. The van der Waals surface area contributed by atoms with Crippen LogP contribution in [0.5, 0.6) is 0 Å². The highest BCUT2D eigenvalue weighted by Gasteiger charge is 2.32. The summed E-state index contributed by atoms with van der Waals surface area (Å²) >= 11 is 5.89. The molecule has 3 amide bonds. The number of halogens is 1. The van der Waals surface area contributed by atoms with Gasteiger partial charge in [-0.15, -0.1) is 0 Å². The fourth-order valence-corrected chi connectivity index (χ4v) is 5.27. The van der Waals surface area contributed by atoms with E-state index in [4.69, 9.17) is 16.0 Å². The molecule has 2 fully saturated rings. The van der Waals surface area contributed by atoms with Crippen molar-refractivity contribution in [3.05, 3.63) is 41.2 Å². The Kier molecular flexibility index (Phi) is 7.38. The van der Waals surface area contributed by atoms with Crippen LogP contribution in [-0.4, -0.2) is 51.7 Å². The highest BCUT2D eigenvalue weighted by Crippen LogP contribution is 2.34. The number of nitrogens with one attached hydrogen (secondary N) is 3. The number of likely N-dealkylation sites (tertiary alicyclic amines) is 1. The Labute approximate surface area is 219 Å². The van der Waals surface area contributed by atoms with Crippen LogP contribution < -0.4 is 16.0 Å². The zero-order valence-electron chi connectivity index (χ0n) is 20.6. The molecule has 3 aromatic rings. The first kappa shape index (κ1) is 25.2. The quantitative estimate of drug-likeness (QED) is 0.427. The Morgan fingerprint density at radius 2 is 1.70 bits per heavy atom. The predicted molar refractivity (Wildman–Crippen MR) is 141 cm³/mol. The average Bonchev–Trinajstić information content (AvgIpc) is 3.54. The molecule has 5 rings (SSSR count). The fraction of sp³-hybridized carbons (Fsp3) is 0.423. The molecule has 10 nitrogen and oxygen atoms in total. The predicted octanol–water partition coefficient (Wildman–Crippen LogP) is 4.68. The van der Waals surface area contributed by atoms with Crippen LogP contribution >= 0.6 is 11.6 Å². The molecule has 1 aliphatic carbocycles. The molecule has 0 radical (unpaired) electrons. The molecule has 11 heteroatoms. The van der Waals surface area contributed by atoms with E-state index < -0.39 is 5.91 Å². The number of aromatic nitrogens is 2. The summed E-state index contributed by atoms with van der Waals surface area (Å²) in [6, 6.07) is 6.87. The van der Waals surface area contributed by atoms with Gasteiger partial charge >= 0.3 is 0 Å². The first-order valence-corrected chi connectivity index (χ1v) is 12.9. The SMILES string of the molecule is CC(=O)Nc1ccc2oc(C(=O)Nc3ccc(Cl)cn3)c(NC(=O)C3CCC(N4CCCC4)CC3)c2n1. The van der Waals surface area contributed by atoms with Gasteiger partial charge in [-0.2, -0.15) is 0 Å². The second-order valence-corrected chi connectivity index (χ2v) is 10.0. The molecule has 2 aliphatic rings. The smallest absolute Gasteiger partial charge is 0.294 e. The standard InChI is InChI=1S/C26H29ClN6O4/c1-15(34)29-21-11-9-19-22(30-21)23(24(37-19)26(36)31-20-10-6-17(27)14-28-20)32-25(35)16-4-7-18(8-5-16)33-12-2-3-13-33/h6,9-11,14,16,18H,2-5,7-8,12-13H2,1H3,(H,32,35)(H,28,31,36)(H,29,30,34). The van der Waals surface area contributed by atoms with Gasteiger partial charge in [0, 0.05) is 25.1 Å². The molecule has 0 spiro atoms. The molecule has 194 valence electrons. The summed E-state index contributed by atoms with van der Waals surface area (Å²) in [7, 11) is 0. The lowest BCUT2D eigenvalue weighted by molar-refractivity contribution is -0.121. The maximum Gasteiger partial charge on any atom is 0.294 e. The van der Waals surface area contributed by atoms with Gasteiger partial charge in [0.1, 0.15) is 22.8 Å². The van der Waals surface area contributed by atoms with E-state index in [1.165, 1.54) is 26.0 Å². The molecule has 3 aromatic heterocycles. The number of anilines is 3. The summed E-state index contributed by atoms with van der Waals surface area (Å²) in [5.41, 5.74) is 0.747. The van der Waals surface area contributed by atoms with E-state index in [-0.39, 0.29) is 46.3 Å². The van der Waals surface area contributed by atoms with E-state index in [1.54, 1.807) is 24.3 Å². The second kappa shape index (κ2) is 10.9. The maximum absolute atomic E-state index is 13.3. The molecule has 1 aliphatic heterocycles.